The van der Waals surface area contributed by atoms with Gasteiger partial charge in [-0.2, -0.15) is 19.9 Å². The highest BCUT2D eigenvalue weighted by Gasteiger charge is 2.15. The van der Waals surface area contributed by atoms with Crippen molar-refractivity contribution < 1.29 is 0 Å². The van der Waals surface area contributed by atoms with Crippen LogP contribution in [0.4, 0.5) is 23.3 Å². The maximum atomic E-state index is 5.32. The van der Waals surface area contributed by atoms with Gasteiger partial charge in [0, 0.05) is 23.5 Å². The van der Waals surface area contributed by atoms with Crippen molar-refractivity contribution >= 4 is 71.2 Å². The summed E-state index contributed by atoms with van der Waals surface area (Å²) in [6.45, 7) is 0. The molecule has 0 amide bonds. The van der Waals surface area contributed by atoms with E-state index >= 15 is 0 Å². The van der Waals surface area contributed by atoms with Gasteiger partial charge in [-0.3, -0.25) is 0 Å². The Bertz CT molecular complexity index is 1230. The summed E-state index contributed by atoms with van der Waals surface area (Å²) in [6, 6.07) is 9.09. The molecular weight excluding hydrogens is 581 g/mol. The van der Waals surface area contributed by atoms with Crippen molar-refractivity contribution in [3.05, 3.63) is 33.8 Å². The molecule has 2 heterocycles. The average Bonchev–Trinajstić information content (AvgIpc) is 2.94. The fraction of sp³-hybridized carbons (Fsp3) is 0.538. The Morgan fingerprint density at radius 3 is 1.43 bits per heavy atom. The van der Waals surface area contributed by atoms with Crippen LogP contribution in [0.25, 0.3) is 0 Å². The Labute approximate surface area is 253 Å². The largest absolute Gasteiger partial charge is 0.376 e. The first-order valence-corrected chi connectivity index (χ1v) is 16.7. The minimum atomic E-state index is 0.448. The van der Waals surface area contributed by atoms with Crippen LogP contribution in [-0.2, 0) is 0 Å². The third-order valence-corrected chi connectivity index (χ3v) is 8.84. The second-order valence-electron chi connectivity index (χ2n) is 10.0. The second-order valence-corrected chi connectivity index (χ2v) is 12.7. The van der Waals surface area contributed by atoms with Crippen molar-refractivity contribution in [3.8, 4) is 0 Å². The first-order valence-electron chi connectivity index (χ1n) is 13.9. The Morgan fingerprint density at radius 1 is 0.625 bits per heavy atom. The predicted molar refractivity (Wildman–Crippen MR) is 171 cm³/mol. The molecule has 3 aromatic rings. The summed E-state index contributed by atoms with van der Waals surface area (Å²) in [5, 5.41) is 15.1. The van der Waals surface area contributed by atoms with E-state index in [1.807, 2.05) is 24.3 Å². The van der Waals surface area contributed by atoms with Gasteiger partial charge < -0.3 is 31.2 Å². The van der Waals surface area contributed by atoms with Crippen LogP contribution < -0.4 is 21.3 Å². The molecule has 2 aliphatic carbocycles. The van der Waals surface area contributed by atoms with Gasteiger partial charge in [0.1, 0.15) is 0 Å². The summed E-state index contributed by atoms with van der Waals surface area (Å²) < 4.78 is 0.896. The van der Waals surface area contributed by atoms with Crippen molar-refractivity contribution in [2.45, 2.75) is 86.6 Å². The lowest BCUT2D eigenvalue weighted by molar-refractivity contribution is 0.460. The third kappa shape index (κ3) is 9.32. The molecule has 2 saturated carbocycles. The monoisotopic (exact) mass is 616 g/mol. The van der Waals surface area contributed by atoms with Crippen molar-refractivity contribution in [1.82, 2.24) is 29.9 Å². The molecule has 10 nitrogen and oxygen atoms in total. The number of nitrogens with zero attached hydrogens (tertiary/aromatic N) is 4. The number of hydrogen-bond donors (Lipinski definition) is 6. The lowest BCUT2D eigenvalue weighted by atomic mass is 9.96. The number of aromatic amines is 2. The Balaban J connectivity index is 1.05. The molecule has 0 spiro atoms. The number of hydrogen-bond acceptors (Lipinski definition) is 12. The molecule has 0 bridgehead atoms. The van der Waals surface area contributed by atoms with Crippen LogP contribution in [0.2, 0.25) is 0 Å². The van der Waals surface area contributed by atoms with Gasteiger partial charge in [-0.15, -0.1) is 0 Å². The number of aromatic nitrogens is 6. The molecule has 0 saturated heterocycles. The summed E-state index contributed by atoms with van der Waals surface area (Å²) >= 11 is 13.7. The van der Waals surface area contributed by atoms with Gasteiger partial charge in [-0.05, 0) is 74.4 Å². The number of H-pyrrole nitrogens is 2. The average molecular weight is 617 g/mol. The Morgan fingerprint density at radius 2 is 1.02 bits per heavy atom. The molecule has 6 N–H and O–H groups in total. The third-order valence-electron chi connectivity index (χ3n) is 6.99. The van der Waals surface area contributed by atoms with Crippen LogP contribution in [0.1, 0.15) is 64.2 Å². The van der Waals surface area contributed by atoms with Crippen LogP contribution in [-0.4, -0.2) is 53.7 Å². The smallest absolute Gasteiger partial charge is 0.205 e. The number of thioether (sulfide) groups is 2. The molecule has 0 radical (unpaired) electrons. The Kier molecular flexibility index (Phi) is 10.9. The summed E-state index contributed by atoms with van der Waals surface area (Å²) in [5.41, 5.74) is 2.03. The highest BCUT2D eigenvalue weighted by Crippen LogP contribution is 2.23. The zero-order valence-electron chi connectivity index (χ0n) is 22.4. The minimum Gasteiger partial charge on any atom is -0.376 e. The van der Waals surface area contributed by atoms with E-state index in [0.29, 0.717) is 55.6 Å². The topological polar surface area (TPSA) is 131 Å². The van der Waals surface area contributed by atoms with Crippen LogP contribution in [0, 0.1) is 9.54 Å². The van der Waals surface area contributed by atoms with Crippen LogP contribution in [0.15, 0.2) is 34.6 Å². The molecule has 0 atom stereocenters. The van der Waals surface area contributed by atoms with Crippen molar-refractivity contribution in [2.24, 2.45) is 0 Å². The van der Waals surface area contributed by atoms with Gasteiger partial charge in [0.05, 0.1) is 11.8 Å². The van der Waals surface area contributed by atoms with E-state index in [2.05, 4.69) is 51.2 Å². The molecule has 40 heavy (non-hydrogen) atoms. The quantitative estimate of drug-likeness (QED) is 0.0699. The minimum absolute atomic E-state index is 0.448. The van der Waals surface area contributed by atoms with E-state index in [9.17, 15) is 0 Å². The number of nitrogens with one attached hydrogen (secondary N) is 6. The van der Waals surface area contributed by atoms with Gasteiger partial charge in [0.15, 0.2) is 10.3 Å². The van der Waals surface area contributed by atoms with Crippen LogP contribution >= 0.6 is 48.0 Å². The molecule has 214 valence electrons. The van der Waals surface area contributed by atoms with Gasteiger partial charge in [-0.25, -0.2) is 0 Å². The molecule has 2 aliphatic rings. The normalized spacial score (nSPS) is 16.4. The molecule has 5 rings (SSSR count). The second kappa shape index (κ2) is 15.0. The van der Waals surface area contributed by atoms with E-state index in [0.717, 1.165) is 11.4 Å². The van der Waals surface area contributed by atoms with Crippen molar-refractivity contribution in [1.29, 1.82) is 0 Å². The lowest BCUT2D eigenvalue weighted by Gasteiger charge is -2.23. The summed E-state index contributed by atoms with van der Waals surface area (Å²) in [7, 11) is 0. The van der Waals surface area contributed by atoms with Gasteiger partial charge in [0.25, 0.3) is 0 Å². The van der Waals surface area contributed by atoms with Gasteiger partial charge in [0.2, 0.25) is 21.4 Å². The molecule has 14 heteroatoms. The molecule has 1 aromatic carbocycles. The van der Waals surface area contributed by atoms with E-state index in [1.165, 1.54) is 87.7 Å². The standard InChI is InChI=1S/C26H36N10S4/c37-23-31-21(29-19-7-3-1-4-8-19)33-25(35-23)39-15-27-17-11-13-18(14-12-17)28-16-40-26-34-22(32-24(38)36-26)30-20-9-5-2-6-10-20/h11-14,19-20,27-28H,1-10,15-16H2,(H2,29,31,33,35,37)(H2,30,32,34,36,38). The predicted octanol–water partition coefficient (Wildman–Crippen LogP) is 7.19. The number of anilines is 4. The van der Waals surface area contributed by atoms with Gasteiger partial charge in [-0.1, -0.05) is 62.0 Å². The zero-order chi connectivity index (χ0) is 27.6. The highest BCUT2D eigenvalue weighted by molar-refractivity contribution is 7.99. The maximum absolute atomic E-state index is 5.32. The van der Waals surface area contributed by atoms with E-state index in [4.69, 9.17) is 24.4 Å². The molecule has 2 fully saturated rings. The molecular formula is C26H36N10S4. The first-order chi connectivity index (χ1) is 19.6. The summed E-state index contributed by atoms with van der Waals surface area (Å²) in [6.07, 6.45) is 12.4. The summed E-state index contributed by atoms with van der Waals surface area (Å²) in [5.74, 6) is 2.69. The maximum Gasteiger partial charge on any atom is 0.205 e. The van der Waals surface area contributed by atoms with E-state index in [-0.39, 0.29) is 0 Å². The summed E-state index contributed by atoms with van der Waals surface area (Å²) in [4.78, 5) is 24.1. The van der Waals surface area contributed by atoms with E-state index in [1.54, 1.807) is 0 Å². The number of rotatable bonds is 12. The Hall–Kier alpha value is -2.42. The van der Waals surface area contributed by atoms with Crippen molar-refractivity contribution in [2.75, 3.05) is 33.0 Å². The fourth-order valence-electron chi connectivity index (χ4n) is 4.95. The fourth-order valence-corrected chi connectivity index (χ4v) is 6.79. The molecule has 0 unspecified atom stereocenters. The SMILES string of the molecule is S=c1nc(SCNc2ccc(NCSc3nc(NC4CCCCC4)[nH]c(=S)n3)cc2)nc(NC2CCCCC2)[nH]1. The van der Waals surface area contributed by atoms with Crippen LogP contribution in [0.3, 0.4) is 0 Å². The highest BCUT2D eigenvalue weighted by atomic mass is 32.2. The first kappa shape index (κ1) is 29.1. The van der Waals surface area contributed by atoms with E-state index < -0.39 is 0 Å². The molecule has 0 aliphatic heterocycles. The van der Waals surface area contributed by atoms with Gasteiger partial charge >= 0.3 is 0 Å². The van der Waals surface area contributed by atoms with Crippen LogP contribution in [0.5, 0.6) is 0 Å². The van der Waals surface area contributed by atoms with Crippen molar-refractivity contribution in [3.63, 3.8) is 0 Å². The molecule has 2 aromatic heterocycles. The number of benzene rings is 1. The lowest BCUT2D eigenvalue weighted by Crippen LogP contribution is -2.23. The zero-order valence-corrected chi connectivity index (χ0v) is 25.6.